The van der Waals surface area contributed by atoms with Gasteiger partial charge in [0.05, 0.1) is 29.6 Å². The lowest BCUT2D eigenvalue weighted by Crippen LogP contribution is -2.45. The number of amides is 1. The van der Waals surface area contributed by atoms with E-state index in [0.717, 1.165) is 31.4 Å². The maximum Gasteiger partial charge on any atom is 0.255 e. The van der Waals surface area contributed by atoms with Crippen LogP contribution in [0.15, 0.2) is 12.4 Å². The highest BCUT2D eigenvalue weighted by Crippen LogP contribution is 2.39. The fraction of sp³-hybridized carbons (Fsp3) is 0.696. The van der Waals surface area contributed by atoms with Crippen LogP contribution in [0.1, 0.15) is 92.6 Å². The first-order valence-electron chi connectivity index (χ1n) is 11.5. The molecule has 0 radical (unpaired) electrons. The molecular formula is C23H32N4O2. The molecule has 3 fully saturated rings. The Hall–Kier alpha value is -1.95. The van der Waals surface area contributed by atoms with Crippen molar-refractivity contribution in [1.82, 2.24) is 20.3 Å². The van der Waals surface area contributed by atoms with Crippen LogP contribution in [0.3, 0.4) is 0 Å². The van der Waals surface area contributed by atoms with Crippen molar-refractivity contribution in [1.29, 1.82) is 0 Å². The highest BCUT2D eigenvalue weighted by molar-refractivity contribution is 6.04. The Labute approximate surface area is 171 Å². The molecule has 2 atom stereocenters. The highest BCUT2D eigenvalue weighted by Gasteiger charge is 2.32. The summed E-state index contributed by atoms with van der Waals surface area (Å²) in [5, 5.41) is 14.1. The second-order valence-corrected chi connectivity index (χ2v) is 9.53. The molecule has 2 heterocycles. The van der Waals surface area contributed by atoms with Gasteiger partial charge in [0.25, 0.3) is 5.91 Å². The fourth-order valence-electron chi connectivity index (χ4n) is 4.85. The zero-order valence-corrected chi connectivity index (χ0v) is 17.1. The van der Waals surface area contributed by atoms with E-state index in [2.05, 4.69) is 15.3 Å². The highest BCUT2D eigenvalue weighted by atomic mass is 16.3. The van der Waals surface area contributed by atoms with E-state index in [4.69, 9.17) is 4.98 Å². The van der Waals surface area contributed by atoms with Crippen molar-refractivity contribution in [2.45, 2.75) is 88.7 Å². The number of carbonyl (C=O) groups excluding carboxylic acids is 1. The second-order valence-electron chi connectivity index (χ2n) is 9.53. The largest absolute Gasteiger partial charge is 0.391 e. The summed E-state index contributed by atoms with van der Waals surface area (Å²) in [6.45, 7) is 0. The summed E-state index contributed by atoms with van der Waals surface area (Å²) in [6.07, 6.45) is 15.8. The van der Waals surface area contributed by atoms with E-state index in [0.29, 0.717) is 34.5 Å². The van der Waals surface area contributed by atoms with Gasteiger partial charge in [0.2, 0.25) is 0 Å². The first-order chi connectivity index (χ1) is 14.2. The first-order valence-corrected chi connectivity index (χ1v) is 11.5. The molecule has 156 valence electrons. The van der Waals surface area contributed by atoms with Crippen molar-refractivity contribution in [2.75, 3.05) is 0 Å². The molecule has 2 aromatic heterocycles. The molecule has 2 unspecified atom stereocenters. The van der Waals surface area contributed by atoms with Gasteiger partial charge in [0.15, 0.2) is 5.65 Å². The minimum atomic E-state index is -0.466. The number of aliphatic hydroxyl groups excluding tert-OH is 1. The van der Waals surface area contributed by atoms with E-state index < -0.39 is 6.10 Å². The quantitative estimate of drug-likeness (QED) is 0.627. The lowest BCUT2D eigenvalue weighted by atomic mass is 9.83. The fourth-order valence-corrected chi connectivity index (χ4v) is 4.85. The van der Waals surface area contributed by atoms with Gasteiger partial charge >= 0.3 is 0 Å². The molecular weight excluding hydrogens is 364 g/mol. The van der Waals surface area contributed by atoms with E-state index in [9.17, 15) is 9.90 Å². The van der Waals surface area contributed by atoms with Crippen LogP contribution >= 0.6 is 0 Å². The third kappa shape index (κ3) is 4.47. The SMILES string of the molecule is O=C(NC(CC1CCCCC1)C(O)CC1CC1)c1c[nH]c2ncc(C3CC3)nc12. The molecule has 3 saturated carbocycles. The average molecular weight is 397 g/mol. The maximum atomic E-state index is 13.2. The number of carbonyl (C=O) groups is 1. The van der Waals surface area contributed by atoms with Gasteiger partial charge in [-0.1, -0.05) is 44.9 Å². The summed E-state index contributed by atoms with van der Waals surface area (Å²) in [5.41, 5.74) is 2.84. The van der Waals surface area contributed by atoms with Crippen LogP contribution in [-0.4, -0.2) is 38.1 Å². The van der Waals surface area contributed by atoms with Crippen molar-refractivity contribution in [3.05, 3.63) is 23.7 Å². The van der Waals surface area contributed by atoms with Gasteiger partial charge in [-0.2, -0.15) is 0 Å². The molecule has 3 aliphatic carbocycles. The normalized spacial score (nSPS) is 22.5. The summed E-state index contributed by atoms with van der Waals surface area (Å²) in [7, 11) is 0. The monoisotopic (exact) mass is 396 g/mol. The van der Waals surface area contributed by atoms with Crippen LogP contribution in [0.4, 0.5) is 0 Å². The zero-order chi connectivity index (χ0) is 19.8. The summed E-state index contributed by atoms with van der Waals surface area (Å²) in [6, 6.07) is -0.185. The van der Waals surface area contributed by atoms with Gasteiger partial charge in [-0.05, 0) is 37.5 Å². The molecule has 0 aromatic carbocycles. The molecule has 5 rings (SSSR count). The van der Waals surface area contributed by atoms with E-state index in [-0.39, 0.29) is 11.9 Å². The Bertz CT molecular complexity index is 865. The summed E-state index contributed by atoms with van der Waals surface area (Å²) in [4.78, 5) is 25.4. The first kappa shape index (κ1) is 19.0. The molecule has 3 aliphatic rings. The molecule has 2 aromatic rings. The number of aromatic amines is 1. The molecule has 0 spiro atoms. The summed E-state index contributed by atoms with van der Waals surface area (Å²) < 4.78 is 0. The Morgan fingerprint density at radius 1 is 1.10 bits per heavy atom. The van der Waals surface area contributed by atoms with Crippen LogP contribution in [0, 0.1) is 11.8 Å². The number of rotatable bonds is 8. The number of aromatic nitrogens is 3. The number of nitrogens with zero attached hydrogens (tertiary/aromatic N) is 2. The Balaban J connectivity index is 1.33. The van der Waals surface area contributed by atoms with E-state index in [1.165, 1.54) is 44.9 Å². The predicted molar refractivity (Wildman–Crippen MR) is 112 cm³/mol. The number of H-pyrrole nitrogens is 1. The molecule has 0 bridgehead atoms. The minimum Gasteiger partial charge on any atom is -0.391 e. The Morgan fingerprint density at radius 2 is 1.86 bits per heavy atom. The van der Waals surface area contributed by atoms with Crippen LogP contribution < -0.4 is 5.32 Å². The minimum absolute atomic E-state index is 0.144. The smallest absolute Gasteiger partial charge is 0.255 e. The van der Waals surface area contributed by atoms with Gasteiger partial charge < -0.3 is 15.4 Å². The lowest BCUT2D eigenvalue weighted by Gasteiger charge is -2.30. The van der Waals surface area contributed by atoms with Crippen molar-refractivity contribution >= 4 is 17.1 Å². The zero-order valence-electron chi connectivity index (χ0n) is 17.1. The van der Waals surface area contributed by atoms with Crippen molar-refractivity contribution < 1.29 is 9.90 Å². The summed E-state index contributed by atoms with van der Waals surface area (Å²) >= 11 is 0. The average Bonchev–Trinajstić information content (AvgIpc) is 3.66. The predicted octanol–water partition coefficient (Wildman–Crippen LogP) is 4.07. The Morgan fingerprint density at radius 3 is 2.59 bits per heavy atom. The van der Waals surface area contributed by atoms with Crippen LogP contribution in [-0.2, 0) is 0 Å². The molecule has 0 aliphatic heterocycles. The number of fused-ring (bicyclic) bond motifs is 1. The van der Waals surface area contributed by atoms with Gasteiger partial charge in [0, 0.05) is 12.1 Å². The number of hydrogen-bond donors (Lipinski definition) is 3. The van der Waals surface area contributed by atoms with Crippen molar-refractivity contribution in [3.8, 4) is 0 Å². The van der Waals surface area contributed by atoms with Crippen LogP contribution in [0.2, 0.25) is 0 Å². The number of aliphatic hydroxyl groups is 1. The van der Waals surface area contributed by atoms with E-state index in [1.54, 1.807) is 6.20 Å². The molecule has 29 heavy (non-hydrogen) atoms. The number of nitrogens with one attached hydrogen (secondary N) is 2. The third-order valence-corrected chi connectivity index (χ3v) is 7.00. The standard InChI is InChI=1S/C23H32N4O2/c28-20(11-15-6-7-15)18(10-14-4-2-1-3-5-14)27-23(29)17-12-24-22-21(17)26-19(13-25-22)16-8-9-16/h12-16,18,20,28H,1-11H2,(H,24,25)(H,27,29). The number of hydrogen-bond acceptors (Lipinski definition) is 4. The second kappa shape index (κ2) is 8.05. The van der Waals surface area contributed by atoms with E-state index in [1.807, 2.05) is 6.20 Å². The molecule has 1 amide bonds. The third-order valence-electron chi connectivity index (χ3n) is 7.00. The van der Waals surface area contributed by atoms with E-state index >= 15 is 0 Å². The van der Waals surface area contributed by atoms with Gasteiger partial charge in [-0.25, -0.2) is 9.97 Å². The lowest BCUT2D eigenvalue weighted by molar-refractivity contribution is 0.0737. The van der Waals surface area contributed by atoms with Crippen molar-refractivity contribution in [3.63, 3.8) is 0 Å². The Kier molecular flexibility index (Phi) is 5.29. The van der Waals surface area contributed by atoms with Crippen LogP contribution in [0.25, 0.3) is 11.2 Å². The maximum absolute atomic E-state index is 13.2. The molecule has 0 saturated heterocycles. The van der Waals surface area contributed by atoms with Gasteiger partial charge in [-0.15, -0.1) is 0 Å². The summed E-state index contributed by atoms with van der Waals surface area (Å²) in [5.74, 6) is 1.59. The molecule has 3 N–H and O–H groups in total. The molecule has 6 nitrogen and oxygen atoms in total. The topological polar surface area (TPSA) is 90.9 Å². The van der Waals surface area contributed by atoms with Crippen molar-refractivity contribution in [2.24, 2.45) is 11.8 Å². The van der Waals surface area contributed by atoms with Gasteiger partial charge in [0.1, 0.15) is 5.52 Å². The molecule has 6 heteroatoms. The van der Waals surface area contributed by atoms with Gasteiger partial charge in [-0.3, -0.25) is 4.79 Å². The van der Waals surface area contributed by atoms with Crippen LogP contribution in [0.5, 0.6) is 0 Å².